The van der Waals surface area contributed by atoms with Crippen molar-refractivity contribution in [2.45, 2.75) is 95.5 Å². The van der Waals surface area contributed by atoms with E-state index in [2.05, 4.69) is 41.1 Å². The Morgan fingerprint density at radius 3 is 2.07 bits per heavy atom. The average molecular weight is 606 g/mol. The number of amides is 2. The number of carbonyl (C=O) groups is 1. The van der Waals surface area contributed by atoms with Gasteiger partial charge in [-0.3, -0.25) is 4.90 Å². The highest BCUT2D eigenvalue weighted by atomic mass is 35.5. The molecule has 2 aromatic rings. The van der Waals surface area contributed by atoms with E-state index in [1.54, 1.807) is 24.3 Å². The zero-order valence-electron chi connectivity index (χ0n) is 24.9. The van der Waals surface area contributed by atoms with E-state index in [9.17, 15) is 13.2 Å². The van der Waals surface area contributed by atoms with Gasteiger partial charge in [0.15, 0.2) is 9.84 Å². The second-order valence-electron chi connectivity index (χ2n) is 12.1. The molecule has 228 valence electrons. The summed E-state index contributed by atoms with van der Waals surface area (Å²) in [7, 11) is -3.05. The maximum atomic E-state index is 13.4. The summed E-state index contributed by atoms with van der Waals surface area (Å²) in [6, 6.07) is 15.8. The Morgan fingerprint density at radius 1 is 0.976 bits per heavy atom. The van der Waals surface area contributed by atoms with Gasteiger partial charge in [-0.05, 0) is 74.4 Å². The van der Waals surface area contributed by atoms with Crippen molar-refractivity contribution in [1.82, 2.24) is 15.1 Å². The highest BCUT2D eigenvalue weighted by Gasteiger charge is 2.33. The van der Waals surface area contributed by atoms with Crippen LogP contribution >= 0.6 is 12.4 Å². The molecule has 2 aromatic carbocycles. The van der Waals surface area contributed by atoms with Crippen molar-refractivity contribution in [1.29, 1.82) is 0 Å². The van der Waals surface area contributed by atoms with E-state index in [1.165, 1.54) is 31.1 Å². The quantitative estimate of drug-likeness (QED) is 0.300. The third-order valence-electron chi connectivity index (χ3n) is 8.29. The molecule has 0 atom stereocenters. The van der Waals surface area contributed by atoms with Crippen LogP contribution in [0, 0.1) is 0 Å². The summed E-state index contributed by atoms with van der Waals surface area (Å²) in [6.07, 6.45) is 11.2. The summed E-state index contributed by atoms with van der Waals surface area (Å²) < 4.78 is 28.9. The first-order valence-electron chi connectivity index (χ1n) is 15.0. The van der Waals surface area contributed by atoms with Gasteiger partial charge in [-0.25, -0.2) is 13.2 Å². The molecule has 1 saturated carbocycles. The third kappa shape index (κ3) is 10.5. The zero-order valence-corrected chi connectivity index (χ0v) is 26.6. The van der Waals surface area contributed by atoms with Crippen molar-refractivity contribution in [2.75, 3.05) is 25.9 Å². The summed E-state index contributed by atoms with van der Waals surface area (Å²) in [6.45, 7) is 8.09. The minimum absolute atomic E-state index is 0. The molecule has 1 aliphatic heterocycles. The minimum atomic E-state index is -3.05. The van der Waals surface area contributed by atoms with Gasteiger partial charge >= 0.3 is 6.03 Å². The van der Waals surface area contributed by atoms with Gasteiger partial charge in [-0.1, -0.05) is 56.9 Å². The van der Waals surface area contributed by atoms with Gasteiger partial charge in [0.1, 0.15) is 11.5 Å². The molecule has 7 nitrogen and oxygen atoms in total. The number of halogens is 1. The van der Waals surface area contributed by atoms with Crippen molar-refractivity contribution in [3.05, 3.63) is 59.7 Å². The van der Waals surface area contributed by atoms with Crippen LogP contribution in [-0.2, 0) is 22.1 Å². The number of nitrogens with one attached hydrogen (secondary N) is 1. The summed E-state index contributed by atoms with van der Waals surface area (Å²) in [4.78, 5) is 18.0. The first-order chi connectivity index (χ1) is 19.1. The smallest absolute Gasteiger partial charge is 0.318 e. The number of rotatable bonds is 11. The number of hydrogen-bond donors (Lipinski definition) is 1. The Balaban J connectivity index is 0.00000462. The Bertz CT molecular complexity index is 1190. The Hall–Kier alpha value is -2.29. The first-order valence-corrected chi connectivity index (χ1v) is 17.0. The predicted octanol–water partition coefficient (Wildman–Crippen LogP) is 6.94. The second kappa shape index (κ2) is 15.3. The van der Waals surface area contributed by atoms with Crippen LogP contribution in [0.3, 0.4) is 0 Å². The fourth-order valence-electron chi connectivity index (χ4n) is 5.97. The molecule has 0 bridgehead atoms. The highest BCUT2D eigenvalue weighted by Crippen LogP contribution is 2.29. The lowest BCUT2D eigenvalue weighted by Gasteiger charge is -2.41. The Morgan fingerprint density at radius 2 is 1.54 bits per heavy atom. The number of sulfone groups is 1. The molecule has 4 rings (SSSR count). The monoisotopic (exact) mass is 605 g/mol. The largest absolute Gasteiger partial charge is 0.457 e. The number of unbranched alkanes of at least 4 members (excludes halogenated alkanes) is 1. The number of piperidine rings is 1. The second-order valence-corrected chi connectivity index (χ2v) is 14.2. The molecule has 0 radical (unpaired) electrons. The van der Waals surface area contributed by atoms with E-state index in [0.717, 1.165) is 76.0 Å². The molecule has 9 heteroatoms. The lowest BCUT2D eigenvalue weighted by molar-refractivity contribution is 0.108. The van der Waals surface area contributed by atoms with Gasteiger partial charge in [0.2, 0.25) is 0 Å². The van der Waals surface area contributed by atoms with Crippen molar-refractivity contribution >= 4 is 28.3 Å². The van der Waals surface area contributed by atoms with Gasteiger partial charge in [0, 0.05) is 44.0 Å². The summed E-state index contributed by atoms with van der Waals surface area (Å²) in [5.41, 5.74) is 1.93. The van der Waals surface area contributed by atoms with Crippen molar-refractivity contribution in [2.24, 2.45) is 0 Å². The molecule has 1 heterocycles. The van der Waals surface area contributed by atoms with Gasteiger partial charge in [-0.2, -0.15) is 0 Å². The number of likely N-dealkylation sites (tertiary alicyclic amines) is 1. The van der Waals surface area contributed by atoms with E-state index in [4.69, 9.17) is 4.74 Å². The predicted molar refractivity (Wildman–Crippen MR) is 169 cm³/mol. The number of ether oxygens (including phenoxy) is 1. The Kier molecular flexibility index (Phi) is 12.4. The van der Waals surface area contributed by atoms with Crippen LogP contribution in [0.4, 0.5) is 4.79 Å². The number of nitrogens with zero attached hydrogens (tertiary/aromatic N) is 2. The van der Waals surface area contributed by atoms with Crippen LogP contribution in [0.25, 0.3) is 0 Å². The van der Waals surface area contributed by atoms with Crippen LogP contribution in [0.5, 0.6) is 11.5 Å². The van der Waals surface area contributed by atoms with Crippen molar-refractivity contribution in [3.63, 3.8) is 0 Å². The summed E-state index contributed by atoms with van der Waals surface area (Å²) in [5, 5.41) is 3.42. The molecule has 0 unspecified atom stereocenters. The molecule has 0 aromatic heterocycles. The first kappa shape index (κ1) is 33.2. The van der Waals surface area contributed by atoms with E-state index >= 15 is 0 Å². The highest BCUT2D eigenvalue weighted by molar-refractivity contribution is 7.89. The molecule has 2 aliphatic rings. The lowest BCUT2D eigenvalue weighted by atomic mass is 9.83. The molecule has 41 heavy (non-hydrogen) atoms. The van der Waals surface area contributed by atoms with E-state index in [-0.39, 0.29) is 29.7 Å². The molecule has 0 spiro atoms. The van der Waals surface area contributed by atoms with E-state index in [1.807, 2.05) is 12.1 Å². The molecule has 2 fully saturated rings. The van der Waals surface area contributed by atoms with Gasteiger partial charge in [-0.15, -0.1) is 12.4 Å². The van der Waals surface area contributed by atoms with E-state index in [0.29, 0.717) is 11.8 Å². The van der Waals surface area contributed by atoms with Crippen molar-refractivity contribution in [3.8, 4) is 11.5 Å². The standard InChI is InChI=1S/C32H47N3O4S.ClH/c1-4-5-21-35(31(36)33-32(2)19-7-6-8-20-32)28-17-22-34(23-18-28)24-26-9-13-29(14-10-26)39-30-15-11-27(12-16-30)25-40(3,37)38;/h9-16,28H,4-8,17-25H2,1-3H3,(H,33,36);1H. The van der Waals surface area contributed by atoms with Gasteiger partial charge < -0.3 is 15.0 Å². The minimum Gasteiger partial charge on any atom is -0.457 e. The number of benzene rings is 2. The molecule has 2 amide bonds. The molecular weight excluding hydrogens is 558 g/mol. The van der Waals surface area contributed by atoms with Crippen LogP contribution in [-0.4, -0.2) is 61.7 Å². The Labute approximate surface area is 253 Å². The van der Waals surface area contributed by atoms with E-state index < -0.39 is 9.84 Å². The number of urea groups is 1. The molecule has 1 saturated heterocycles. The van der Waals surface area contributed by atoms with Crippen LogP contribution in [0.2, 0.25) is 0 Å². The maximum Gasteiger partial charge on any atom is 0.318 e. The van der Waals surface area contributed by atoms with Crippen LogP contribution < -0.4 is 10.1 Å². The summed E-state index contributed by atoms with van der Waals surface area (Å²) >= 11 is 0. The van der Waals surface area contributed by atoms with Crippen LogP contribution in [0.1, 0.15) is 82.8 Å². The number of hydrogen-bond acceptors (Lipinski definition) is 5. The molecule has 1 N–H and O–H groups in total. The molecular formula is C32H48ClN3O4S. The SMILES string of the molecule is CCCCN(C(=O)NC1(C)CCCCC1)C1CCN(Cc2ccc(Oc3ccc(CS(C)(=O)=O)cc3)cc2)CC1.Cl. The van der Waals surface area contributed by atoms with Gasteiger partial charge in [0.05, 0.1) is 5.75 Å². The molecule has 1 aliphatic carbocycles. The van der Waals surface area contributed by atoms with Crippen LogP contribution in [0.15, 0.2) is 48.5 Å². The average Bonchev–Trinajstić information content (AvgIpc) is 2.91. The zero-order chi connectivity index (χ0) is 28.6. The lowest BCUT2D eigenvalue weighted by Crippen LogP contribution is -2.56. The summed E-state index contributed by atoms with van der Waals surface area (Å²) in [5.74, 6) is 1.46. The van der Waals surface area contributed by atoms with Gasteiger partial charge in [0.25, 0.3) is 0 Å². The third-order valence-corrected chi connectivity index (χ3v) is 9.15. The normalized spacial score (nSPS) is 17.8. The number of carbonyl (C=O) groups excluding carboxylic acids is 1. The fraction of sp³-hybridized carbons (Fsp3) is 0.594. The van der Waals surface area contributed by atoms with Crippen molar-refractivity contribution < 1.29 is 17.9 Å². The topological polar surface area (TPSA) is 79.0 Å². The maximum absolute atomic E-state index is 13.4. The fourth-order valence-corrected chi connectivity index (χ4v) is 6.77.